The molecule has 6 heteroatoms. The van der Waals surface area contributed by atoms with Crippen LogP contribution in [0, 0.1) is 0 Å². The van der Waals surface area contributed by atoms with Gasteiger partial charge in [-0.1, -0.05) is 12.1 Å². The molecule has 0 saturated heterocycles. The van der Waals surface area contributed by atoms with Crippen molar-refractivity contribution in [2.75, 3.05) is 0 Å². The van der Waals surface area contributed by atoms with Crippen LogP contribution in [0.5, 0.6) is 0 Å². The third-order valence-electron chi connectivity index (χ3n) is 3.86. The largest absolute Gasteiger partial charge is 0.420 e. The number of carbonyl (C=O) groups excluding carboxylic acids is 1. The van der Waals surface area contributed by atoms with Crippen LogP contribution in [0.3, 0.4) is 0 Å². The maximum atomic E-state index is 12.1. The lowest BCUT2D eigenvalue weighted by Gasteiger charge is -2.37. The average molecular weight is 292 g/mol. The second-order valence-corrected chi connectivity index (χ2v) is 6.15. The lowest BCUT2D eigenvalue weighted by Crippen LogP contribution is -2.58. The summed E-state index contributed by atoms with van der Waals surface area (Å²) in [6.07, 6.45) is 0. The highest BCUT2D eigenvalue weighted by atomic mass is 16.4. The quantitative estimate of drug-likeness (QED) is 0.888. The number of para-hydroxylation sites is 2. The van der Waals surface area contributed by atoms with E-state index in [2.05, 4.69) is 5.32 Å². The lowest BCUT2D eigenvalue weighted by molar-refractivity contribution is -0.126. The second-order valence-electron chi connectivity index (χ2n) is 6.15. The van der Waals surface area contributed by atoms with Gasteiger partial charge in [0.15, 0.2) is 5.58 Å². The molecule has 0 unspecified atom stereocenters. The van der Waals surface area contributed by atoms with Gasteiger partial charge in [-0.3, -0.25) is 9.36 Å². The smallest absolute Gasteiger partial charge is 0.408 e. The van der Waals surface area contributed by atoms with Crippen molar-refractivity contribution >= 4 is 17.0 Å². The van der Waals surface area contributed by atoms with Crippen molar-refractivity contribution in [2.45, 2.75) is 45.4 Å². The van der Waals surface area contributed by atoms with Crippen molar-refractivity contribution in [3.63, 3.8) is 0 Å². The molecule has 114 valence electrons. The van der Waals surface area contributed by atoms with Crippen LogP contribution >= 0.6 is 0 Å². The standard InChI is InChI=1S/C15H20N2O4/c1-14(2,15(3,4)20)16-12(18)9-17-10-7-5-6-8-11(10)21-13(17)19/h5-8,20H,9H2,1-4H3,(H,16,18). The molecule has 0 radical (unpaired) electrons. The third-order valence-corrected chi connectivity index (χ3v) is 3.86. The molecule has 0 aliphatic rings. The highest BCUT2D eigenvalue weighted by molar-refractivity contribution is 5.80. The minimum Gasteiger partial charge on any atom is -0.408 e. The van der Waals surface area contributed by atoms with Gasteiger partial charge in [-0.2, -0.15) is 0 Å². The molecule has 21 heavy (non-hydrogen) atoms. The monoisotopic (exact) mass is 292 g/mol. The Bertz CT molecular complexity index is 719. The predicted octanol–water partition coefficient (Wildman–Crippen LogP) is 1.26. The van der Waals surface area contributed by atoms with Crippen molar-refractivity contribution in [3.05, 3.63) is 34.8 Å². The first-order valence-electron chi connectivity index (χ1n) is 6.73. The number of oxazole rings is 1. The van der Waals surface area contributed by atoms with Gasteiger partial charge in [0, 0.05) is 0 Å². The van der Waals surface area contributed by atoms with Gasteiger partial charge in [0.05, 0.1) is 16.7 Å². The summed E-state index contributed by atoms with van der Waals surface area (Å²) in [4.78, 5) is 23.9. The predicted molar refractivity (Wildman–Crippen MR) is 79.0 cm³/mol. The van der Waals surface area contributed by atoms with Crippen molar-refractivity contribution in [1.82, 2.24) is 9.88 Å². The van der Waals surface area contributed by atoms with E-state index in [0.29, 0.717) is 11.1 Å². The number of aliphatic hydroxyl groups is 1. The van der Waals surface area contributed by atoms with E-state index in [0.717, 1.165) is 0 Å². The Morgan fingerprint density at radius 3 is 2.52 bits per heavy atom. The lowest BCUT2D eigenvalue weighted by atomic mass is 9.86. The van der Waals surface area contributed by atoms with E-state index >= 15 is 0 Å². The fraction of sp³-hybridized carbons (Fsp3) is 0.467. The Balaban J connectivity index is 2.23. The number of nitrogens with zero attached hydrogens (tertiary/aromatic N) is 1. The third kappa shape index (κ3) is 3.00. The summed E-state index contributed by atoms with van der Waals surface area (Å²) < 4.78 is 6.34. The summed E-state index contributed by atoms with van der Waals surface area (Å²) >= 11 is 0. The van der Waals surface area contributed by atoms with Gasteiger partial charge < -0.3 is 14.8 Å². The number of benzene rings is 1. The zero-order chi connectivity index (χ0) is 15.8. The molecule has 1 heterocycles. The number of hydrogen-bond donors (Lipinski definition) is 2. The molecule has 1 amide bonds. The topological polar surface area (TPSA) is 84.5 Å². The van der Waals surface area contributed by atoms with E-state index in [-0.39, 0.29) is 12.5 Å². The summed E-state index contributed by atoms with van der Waals surface area (Å²) in [6.45, 7) is 6.52. The van der Waals surface area contributed by atoms with Gasteiger partial charge in [0.1, 0.15) is 6.54 Å². The highest BCUT2D eigenvalue weighted by Crippen LogP contribution is 2.20. The van der Waals surface area contributed by atoms with Crippen LogP contribution in [0.2, 0.25) is 0 Å². The van der Waals surface area contributed by atoms with Gasteiger partial charge in [0.25, 0.3) is 0 Å². The molecule has 2 rings (SSSR count). The van der Waals surface area contributed by atoms with Crippen molar-refractivity contribution < 1.29 is 14.3 Å². The number of hydrogen-bond acceptors (Lipinski definition) is 4. The number of fused-ring (bicyclic) bond motifs is 1. The summed E-state index contributed by atoms with van der Waals surface area (Å²) in [6, 6.07) is 6.92. The molecule has 0 atom stereocenters. The average Bonchev–Trinajstić information content (AvgIpc) is 2.64. The molecule has 0 spiro atoms. The van der Waals surface area contributed by atoms with E-state index in [1.54, 1.807) is 52.0 Å². The van der Waals surface area contributed by atoms with Gasteiger partial charge in [-0.15, -0.1) is 0 Å². The van der Waals surface area contributed by atoms with Gasteiger partial charge in [-0.05, 0) is 39.8 Å². The van der Waals surface area contributed by atoms with Crippen LogP contribution in [-0.2, 0) is 11.3 Å². The zero-order valence-corrected chi connectivity index (χ0v) is 12.6. The maximum absolute atomic E-state index is 12.1. The van der Waals surface area contributed by atoms with E-state index in [1.165, 1.54) is 4.57 Å². The van der Waals surface area contributed by atoms with Crippen molar-refractivity contribution in [2.24, 2.45) is 0 Å². The summed E-state index contributed by atoms with van der Waals surface area (Å²) in [5, 5.41) is 12.8. The summed E-state index contributed by atoms with van der Waals surface area (Å²) in [5.41, 5.74) is -0.907. The minimum absolute atomic E-state index is 0.157. The van der Waals surface area contributed by atoms with Crippen LogP contribution in [0.1, 0.15) is 27.7 Å². The van der Waals surface area contributed by atoms with Crippen LogP contribution in [-0.4, -0.2) is 26.7 Å². The van der Waals surface area contributed by atoms with Crippen molar-refractivity contribution in [3.8, 4) is 0 Å². The Morgan fingerprint density at radius 1 is 1.29 bits per heavy atom. The van der Waals surface area contributed by atoms with Crippen LogP contribution in [0.4, 0.5) is 0 Å². The van der Waals surface area contributed by atoms with E-state index in [1.807, 2.05) is 0 Å². The molecule has 0 aliphatic carbocycles. The first-order valence-corrected chi connectivity index (χ1v) is 6.73. The second kappa shape index (κ2) is 5.04. The molecule has 1 aromatic heterocycles. The molecule has 1 aromatic carbocycles. The van der Waals surface area contributed by atoms with Gasteiger partial charge in [-0.25, -0.2) is 4.79 Å². The SMILES string of the molecule is CC(C)(O)C(C)(C)NC(=O)Cn1c(=O)oc2ccccc21. The van der Waals surface area contributed by atoms with E-state index in [9.17, 15) is 14.7 Å². The summed E-state index contributed by atoms with van der Waals surface area (Å²) in [7, 11) is 0. The number of aromatic nitrogens is 1. The Labute approximate surface area is 122 Å². The molecule has 0 fully saturated rings. The van der Waals surface area contributed by atoms with E-state index < -0.39 is 16.9 Å². The Morgan fingerprint density at radius 2 is 1.90 bits per heavy atom. The Kier molecular flexibility index (Phi) is 3.67. The molecule has 0 saturated carbocycles. The van der Waals surface area contributed by atoms with Crippen LogP contribution < -0.4 is 11.1 Å². The fourth-order valence-corrected chi connectivity index (χ4v) is 1.85. The molecule has 0 bridgehead atoms. The number of carbonyl (C=O) groups is 1. The normalized spacial score (nSPS) is 12.6. The molecular weight excluding hydrogens is 272 g/mol. The Hall–Kier alpha value is -2.08. The molecule has 2 N–H and O–H groups in total. The maximum Gasteiger partial charge on any atom is 0.420 e. The number of rotatable bonds is 4. The summed E-state index contributed by atoms with van der Waals surface area (Å²) in [5.74, 6) is -0.941. The molecular formula is C15H20N2O4. The number of nitrogens with one attached hydrogen (secondary N) is 1. The first-order chi connectivity index (χ1) is 9.62. The molecule has 6 nitrogen and oxygen atoms in total. The van der Waals surface area contributed by atoms with Gasteiger partial charge in [0.2, 0.25) is 5.91 Å². The van der Waals surface area contributed by atoms with Crippen molar-refractivity contribution in [1.29, 1.82) is 0 Å². The highest BCUT2D eigenvalue weighted by Gasteiger charge is 2.36. The molecule has 0 aliphatic heterocycles. The fourth-order valence-electron chi connectivity index (χ4n) is 1.85. The first kappa shape index (κ1) is 15.3. The van der Waals surface area contributed by atoms with Crippen LogP contribution in [0.15, 0.2) is 33.5 Å². The van der Waals surface area contributed by atoms with Gasteiger partial charge >= 0.3 is 5.76 Å². The minimum atomic E-state index is -1.09. The van der Waals surface area contributed by atoms with Crippen LogP contribution in [0.25, 0.3) is 11.1 Å². The zero-order valence-electron chi connectivity index (χ0n) is 12.6. The number of amides is 1. The molecule has 2 aromatic rings. The van der Waals surface area contributed by atoms with E-state index in [4.69, 9.17) is 4.42 Å².